The molecule has 8 heteroatoms. The second kappa shape index (κ2) is 5.90. The van der Waals surface area contributed by atoms with Gasteiger partial charge in [0.05, 0.1) is 11.4 Å². The first-order valence-corrected chi connectivity index (χ1v) is 8.27. The zero-order valence-electron chi connectivity index (χ0n) is 11.9. The molecule has 0 saturated carbocycles. The minimum Gasteiger partial charge on any atom is -0.396 e. The van der Waals surface area contributed by atoms with Crippen LogP contribution in [0.15, 0.2) is 23.1 Å². The zero-order chi connectivity index (χ0) is 15.6. The van der Waals surface area contributed by atoms with Crippen molar-refractivity contribution in [2.24, 2.45) is 11.1 Å². The summed E-state index contributed by atoms with van der Waals surface area (Å²) in [6.45, 7) is 1.30. The number of rotatable bonds is 3. The van der Waals surface area contributed by atoms with Crippen LogP contribution >= 0.6 is 0 Å². The van der Waals surface area contributed by atoms with Gasteiger partial charge in [-0.15, -0.1) is 0 Å². The van der Waals surface area contributed by atoms with Crippen LogP contribution in [-0.2, 0) is 14.8 Å². The second-order valence-corrected chi connectivity index (χ2v) is 6.64. The van der Waals surface area contributed by atoms with Crippen LogP contribution in [0.3, 0.4) is 0 Å². The molecule has 0 unspecified atom stereocenters. The summed E-state index contributed by atoms with van der Waals surface area (Å²) in [5.41, 5.74) is 6.76. The van der Waals surface area contributed by atoms with Crippen LogP contribution in [-0.4, -0.2) is 34.5 Å². The molecule has 0 atom stereocenters. The highest BCUT2D eigenvalue weighted by Crippen LogP contribution is 2.32. The lowest BCUT2D eigenvalue weighted by Gasteiger charge is -2.33. The van der Waals surface area contributed by atoms with E-state index in [0.717, 1.165) is 0 Å². The maximum absolute atomic E-state index is 11.6. The van der Waals surface area contributed by atoms with E-state index in [4.69, 9.17) is 10.9 Å². The van der Waals surface area contributed by atoms with E-state index in [1.54, 1.807) is 19.2 Å². The van der Waals surface area contributed by atoms with Gasteiger partial charge in [-0.25, -0.2) is 13.6 Å². The predicted octanol–water partition coefficient (Wildman–Crippen LogP) is -0.121. The molecule has 116 valence electrons. The van der Waals surface area contributed by atoms with Crippen molar-refractivity contribution in [2.45, 2.75) is 17.7 Å². The number of anilines is 2. The highest BCUT2D eigenvalue weighted by Gasteiger charge is 2.26. The number of nitrogens with two attached hydrogens (primary N) is 2. The van der Waals surface area contributed by atoms with Crippen molar-refractivity contribution in [2.75, 3.05) is 30.8 Å². The van der Waals surface area contributed by atoms with Crippen LogP contribution in [0, 0.1) is 5.92 Å². The lowest BCUT2D eigenvalue weighted by molar-refractivity contribution is -0.125. The van der Waals surface area contributed by atoms with Gasteiger partial charge in [0, 0.05) is 26.1 Å². The number of benzene rings is 1. The number of sulfonamides is 1. The quantitative estimate of drug-likeness (QED) is 0.672. The topological polar surface area (TPSA) is 119 Å². The number of primary sulfonamides is 1. The smallest absolute Gasteiger partial charge is 0.240 e. The SMILES string of the molecule is CNC(=O)C1CCN(c2cccc(S(N)(=O)=O)c2N)CC1. The van der Waals surface area contributed by atoms with Crippen LogP contribution in [0.5, 0.6) is 0 Å². The van der Waals surface area contributed by atoms with Gasteiger partial charge in [0.1, 0.15) is 4.90 Å². The normalized spacial score (nSPS) is 16.8. The Balaban J connectivity index is 2.20. The molecule has 1 saturated heterocycles. The highest BCUT2D eigenvalue weighted by atomic mass is 32.2. The molecule has 5 N–H and O–H groups in total. The Morgan fingerprint density at radius 1 is 1.33 bits per heavy atom. The molecular weight excluding hydrogens is 292 g/mol. The van der Waals surface area contributed by atoms with Gasteiger partial charge in [0.2, 0.25) is 15.9 Å². The number of nitrogens with one attached hydrogen (secondary N) is 1. The third-order valence-corrected chi connectivity index (χ3v) is 4.77. The van der Waals surface area contributed by atoms with E-state index in [1.165, 1.54) is 6.07 Å². The monoisotopic (exact) mass is 312 g/mol. The summed E-state index contributed by atoms with van der Waals surface area (Å²) in [5, 5.41) is 7.81. The Morgan fingerprint density at radius 3 is 2.48 bits per heavy atom. The molecular formula is C13H20N4O3S. The number of carbonyl (C=O) groups is 1. The highest BCUT2D eigenvalue weighted by molar-refractivity contribution is 7.89. The Kier molecular flexibility index (Phi) is 4.38. The molecule has 0 aliphatic carbocycles. The summed E-state index contributed by atoms with van der Waals surface area (Å²) < 4.78 is 23.0. The van der Waals surface area contributed by atoms with Crippen molar-refractivity contribution in [1.82, 2.24) is 5.32 Å². The molecule has 2 rings (SSSR count). The molecule has 0 radical (unpaired) electrons. The minimum atomic E-state index is -3.84. The molecule has 1 aliphatic heterocycles. The van der Waals surface area contributed by atoms with Crippen LogP contribution in [0.2, 0.25) is 0 Å². The molecule has 0 spiro atoms. The standard InChI is InChI=1S/C13H20N4O3S/c1-16-13(18)9-5-7-17(8-6-9)10-3-2-4-11(12(10)14)21(15,19)20/h2-4,9H,5-8,14H2,1H3,(H,16,18)(H2,15,19,20). The van der Waals surface area contributed by atoms with Gasteiger partial charge in [-0.2, -0.15) is 0 Å². The van der Waals surface area contributed by atoms with Crippen molar-refractivity contribution in [1.29, 1.82) is 0 Å². The summed E-state index contributed by atoms with van der Waals surface area (Å²) in [7, 11) is -2.21. The molecule has 7 nitrogen and oxygen atoms in total. The van der Waals surface area contributed by atoms with Gasteiger partial charge in [0.15, 0.2) is 0 Å². The van der Waals surface area contributed by atoms with Crippen LogP contribution in [0.25, 0.3) is 0 Å². The van der Waals surface area contributed by atoms with Crippen molar-refractivity contribution < 1.29 is 13.2 Å². The van der Waals surface area contributed by atoms with E-state index in [2.05, 4.69) is 5.32 Å². The first-order valence-electron chi connectivity index (χ1n) is 6.72. The second-order valence-electron chi connectivity index (χ2n) is 5.11. The summed E-state index contributed by atoms with van der Waals surface area (Å²) in [5.74, 6) is 0.0369. The van der Waals surface area contributed by atoms with E-state index >= 15 is 0 Å². The van der Waals surface area contributed by atoms with E-state index < -0.39 is 10.0 Å². The van der Waals surface area contributed by atoms with Gasteiger partial charge in [-0.05, 0) is 25.0 Å². The van der Waals surface area contributed by atoms with E-state index in [-0.39, 0.29) is 22.4 Å². The Labute approximate surface area is 124 Å². The molecule has 0 aromatic heterocycles. The first kappa shape index (κ1) is 15.6. The van der Waals surface area contributed by atoms with Crippen molar-refractivity contribution >= 4 is 27.3 Å². The molecule has 21 heavy (non-hydrogen) atoms. The number of nitrogen functional groups attached to an aromatic ring is 1. The molecule has 1 heterocycles. The Hall–Kier alpha value is -1.80. The lowest BCUT2D eigenvalue weighted by atomic mass is 9.95. The van der Waals surface area contributed by atoms with Gasteiger partial charge >= 0.3 is 0 Å². The van der Waals surface area contributed by atoms with E-state index in [0.29, 0.717) is 31.6 Å². The van der Waals surface area contributed by atoms with Gasteiger partial charge in [-0.3, -0.25) is 4.79 Å². The number of hydrogen-bond donors (Lipinski definition) is 3. The number of para-hydroxylation sites is 1. The summed E-state index contributed by atoms with van der Waals surface area (Å²) in [4.78, 5) is 13.5. The number of nitrogens with zero attached hydrogens (tertiary/aromatic N) is 1. The first-order chi connectivity index (χ1) is 9.84. The number of piperidine rings is 1. The summed E-state index contributed by atoms with van der Waals surface area (Å²) in [6.07, 6.45) is 1.41. The van der Waals surface area contributed by atoms with Crippen molar-refractivity contribution in [3.63, 3.8) is 0 Å². The maximum Gasteiger partial charge on any atom is 0.240 e. The fourth-order valence-electron chi connectivity index (χ4n) is 2.64. The Morgan fingerprint density at radius 2 is 1.95 bits per heavy atom. The predicted molar refractivity (Wildman–Crippen MR) is 81.2 cm³/mol. The van der Waals surface area contributed by atoms with Crippen molar-refractivity contribution in [3.05, 3.63) is 18.2 Å². The third-order valence-electron chi connectivity index (χ3n) is 3.80. The van der Waals surface area contributed by atoms with Crippen LogP contribution < -0.4 is 21.1 Å². The van der Waals surface area contributed by atoms with Gasteiger partial charge in [0.25, 0.3) is 0 Å². The summed E-state index contributed by atoms with van der Waals surface area (Å²) in [6, 6.07) is 4.78. The third kappa shape index (κ3) is 3.27. The largest absolute Gasteiger partial charge is 0.396 e. The fraction of sp³-hybridized carbons (Fsp3) is 0.462. The molecule has 0 bridgehead atoms. The molecule has 1 aromatic rings. The Bertz CT molecular complexity index is 637. The number of hydrogen-bond acceptors (Lipinski definition) is 5. The molecule has 1 fully saturated rings. The van der Waals surface area contributed by atoms with Gasteiger partial charge in [-0.1, -0.05) is 6.07 Å². The zero-order valence-corrected chi connectivity index (χ0v) is 12.7. The van der Waals surface area contributed by atoms with E-state index in [1.807, 2.05) is 4.90 Å². The number of carbonyl (C=O) groups excluding carboxylic acids is 1. The van der Waals surface area contributed by atoms with Crippen LogP contribution in [0.1, 0.15) is 12.8 Å². The van der Waals surface area contributed by atoms with Gasteiger partial charge < -0.3 is 16.0 Å². The average Bonchev–Trinajstić information content (AvgIpc) is 2.45. The summed E-state index contributed by atoms with van der Waals surface area (Å²) >= 11 is 0. The fourth-order valence-corrected chi connectivity index (χ4v) is 3.32. The maximum atomic E-state index is 11.6. The number of amides is 1. The van der Waals surface area contributed by atoms with Crippen molar-refractivity contribution in [3.8, 4) is 0 Å². The van der Waals surface area contributed by atoms with Crippen LogP contribution in [0.4, 0.5) is 11.4 Å². The molecule has 1 aromatic carbocycles. The molecule has 1 amide bonds. The minimum absolute atomic E-state index is 0.00565. The lowest BCUT2D eigenvalue weighted by Crippen LogP contribution is -2.40. The van der Waals surface area contributed by atoms with E-state index in [9.17, 15) is 13.2 Å². The molecule has 1 aliphatic rings. The average molecular weight is 312 g/mol.